The maximum absolute atomic E-state index is 13.7. The van der Waals surface area contributed by atoms with Gasteiger partial charge in [-0.15, -0.1) is 5.10 Å². The van der Waals surface area contributed by atoms with Gasteiger partial charge in [0.05, 0.1) is 87.7 Å². The summed E-state index contributed by atoms with van der Waals surface area (Å²) in [6, 6.07) is 7.59. The largest absolute Gasteiger partial charge is 0.394 e. The number of ether oxygens (including phenoxy) is 1. The number of aromatic nitrogens is 3. The Kier molecular flexibility index (Phi) is 6.66. The topological polar surface area (TPSA) is 58.5 Å². The van der Waals surface area contributed by atoms with Gasteiger partial charge in [0.2, 0.25) is 5.95 Å². The molecule has 0 unspecified atom stereocenters. The van der Waals surface area contributed by atoms with Crippen LogP contribution in [0.15, 0.2) is 42.7 Å². The van der Waals surface area contributed by atoms with Crippen molar-refractivity contribution in [3.8, 4) is 5.69 Å². The molecule has 5 rings (SSSR count). The molecular formula is C22H16B8F2N6O. The second-order valence-corrected chi connectivity index (χ2v) is 10.0. The van der Waals surface area contributed by atoms with Crippen molar-refractivity contribution in [1.29, 1.82) is 0 Å². The summed E-state index contributed by atoms with van der Waals surface area (Å²) >= 11 is 0. The Morgan fingerprint density at radius 2 is 1.41 bits per heavy atom. The highest BCUT2D eigenvalue weighted by atomic mass is 19.1. The highest BCUT2D eigenvalue weighted by Gasteiger charge is 2.62. The number of anilines is 3. The van der Waals surface area contributed by atoms with Gasteiger partial charge in [0.15, 0.2) is 0 Å². The van der Waals surface area contributed by atoms with Crippen molar-refractivity contribution in [2.24, 2.45) is 0 Å². The van der Waals surface area contributed by atoms with Crippen molar-refractivity contribution >= 4 is 80.1 Å². The van der Waals surface area contributed by atoms with Gasteiger partial charge >= 0.3 is 0 Å². The van der Waals surface area contributed by atoms with E-state index in [4.69, 9.17) is 67.5 Å². The molecule has 3 heterocycles. The van der Waals surface area contributed by atoms with Crippen LogP contribution in [0.25, 0.3) is 5.69 Å². The molecule has 1 aromatic heterocycles. The van der Waals surface area contributed by atoms with Crippen LogP contribution in [0.1, 0.15) is 5.56 Å². The van der Waals surface area contributed by atoms with Gasteiger partial charge in [0, 0.05) is 17.4 Å². The van der Waals surface area contributed by atoms with Gasteiger partial charge in [-0.05, 0) is 64.2 Å². The van der Waals surface area contributed by atoms with Crippen LogP contribution < -0.4 is 10.2 Å². The third-order valence-corrected chi connectivity index (χ3v) is 6.99. The molecule has 2 aliphatic rings. The monoisotopic (exact) mass is 506 g/mol. The number of nitrogens with one attached hydrogen (secondary N) is 1. The molecule has 39 heavy (non-hydrogen) atoms. The van der Waals surface area contributed by atoms with E-state index in [1.54, 1.807) is 25.1 Å². The summed E-state index contributed by atoms with van der Waals surface area (Å²) in [5, 5.41) is -0.997. The number of rotatable bonds is 5. The Labute approximate surface area is 236 Å². The number of benzene rings is 2. The third-order valence-electron chi connectivity index (χ3n) is 6.99. The van der Waals surface area contributed by atoms with Gasteiger partial charge in [0.25, 0.3) is 0 Å². The van der Waals surface area contributed by atoms with Crippen LogP contribution in [0.3, 0.4) is 0 Å². The Morgan fingerprint density at radius 1 is 0.821 bits per heavy atom. The quantitative estimate of drug-likeness (QED) is 0.454. The Bertz CT molecular complexity index is 1370. The van der Waals surface area contributed by atoms with Gasteiger partial charge in [-0.1, -0.05) is 0 Å². The van der Waals surface area contributed by atoms with Crippen LogP contribution in [0, 0.1) is 18.6 Å². The number of aryl methyl sites for hydroxylation is 1. The molecule has 17 heteroatoms. The van der Waals surface area contributed by atoms with E-state index in [1.807, 2.05) is 0 Å². The summed E-state index contributed by atoms with van der Waals surface area (Å²) in [6.07, 6.45) is 1.29. The fourth-order valence-corrected chi connectivity index (χ4v) is 4.97. The average Bonchev–Trinajstić information content (AvgIpc) is 3.22. The molecule has 2 aliphatic heterocycles. The molecule has 0 bridgehead atoms. The molecule has 2 aromatic carbocycles. The Hall–Kier alpha value is -2.52. The molecule has 16 radical (unpaired) electrons. The molecule has 3 aromatic rings. The van der Waals surface area contributed by atoms with Crippen molar-refractivity contribution in [2.45, 2.75) is 34.3 Å². The molecule has 0 atom stereocenters. The van der Waals surface area contributed by atoms with Gasteiger partial charge in [0.1, 0.15) is 18.0 Å². The van der Waals surface area contributed by atoms with Crippen LogP contribution in [0.5, 0.6) is 0 Å². The lowest BCUT2D eigenvalue weighted by molar-refractivity contribution is -0.0995. The first-order chi connectivity index (χ1) is 18.1. The lowest BCUT2D eigenvalue weighted by Gasteiger charge is -2.78. The molecule has 0 spiro atoms. The number of hydrogen-bond donors (Lipinski definition) is 1. The summed E-state index contributed by atoms with van der Waals surface area (Å²) < 4.78 is 33.8. The Balaban J connectivity index is 1.51. The minimum absolute atomic E-state index is 0.114. The lowest BCUT2D eigenvalue weighted by atomic mass is 9.26. The standard InChI is InChI=1S/C22H16B8F2N6O/c1-11-2-14(34-18-33-10-36(35-18)15-5-12(31)4-13(32)6-15)7-16(3-11)37-19(23,24)21(27,28)38(17-8-39-9-17)22(29,30)20(37,25)26/h2-7,10,17H,8-9H2,1H3,(H,34,35). The summed E-state index contributed by atoms with van der Waals surface area (Å²) in [5.74, 6) is -1.40. The van der Waals surface area contributed by atoms with E-state index < -0.39 is 39.0 Å². The fraction of sp³-hybridized carbons (Fsp3) is 0.364. The molecule has 7 nitrogen and oxygen atoms in total. The zero-order valence-electron chi connectivity index (χ0n) is 21.1. The van der Waals surface area contributed by atoms with Crippen molar-refractivity contribution < 1.29 is 13.5 Å². The molecule has 0 saturated carbocycles. The van der Waals surface area contributed by atoms with Crippen LogP contribution in [0.4, 0.5) is 26.1 Å². The minimum atomic E-state index is -2.10. The predicted molar refractivity (Wildman–Crippen MR) is 152 cm³/mol. The minimum Gasteiger partial charge on any atom is -0.394 e. The molecule has 0 aliphatic carbocycles. The molecular weight excluding hydrogens is 489 g/mol. The summed E-state index contributed by atoms with van der Waals surface area (Å²) in [6.45, 7) is 2.23. The van der Waals surface area contributed by atoms with Crippen LogP contribution in [0.2, 0.25) is 0 Å². The average molecular weight is 505 g/mol. The zero-order valence-corrected chi connectivity index (χ0v) is 21.1. The second-order valence-electron chi connectivity index (χ2n) is 10.0. The fourth-order valence-electron chi connectivity index (χ4n) is 4.97. The molecule has 1 N–H and O–H groups in total. The summed E-state index contributed by atoms with van der Waals surface area (Å²) in [7, 11) is 52.3. The highest BCUT2D eigenvalue weighted by Crippen LogP contribution is 2.47. The summed E-state index contributed by atoms with van der Waals surface area (Å²) in [5.41, 5.74) is 1.59. The molecule has 2 fully saturated rings. The maximum atomic E-state index is 13.7. The predicted octanol–water partition coefficient (Wildman–Crippen LogP) is -0.918. The molecule has 178 valence electrons. The SMILES string of the molecule is [B]C1([B])N(c2cc(C)cc(Nc3ncn(-c4cc(F)cc(F)c4)n3)c2)C([B])([B])C([B])([B])N(C2COC2)C1([B])[B]. The van der Waals surface area contributed by atoms with E-state index >= 15 is 0 Å². The number of nitrogens with zero attached hydrogens (tertiary/aromatic N) is 5. The van der Waals surface area contributed by atoms with Crippen LogP contribution >= 0.6 is 0 Å². The van der Waals surface area contributed by atoms with E-state index in [-0.39, 0.29) is 30.5 Å². The number of halogens is 2. The zero-order chi connectivity index (χ0) is 28.5. The van der Waals surface area contributed by atoms with Gasteiger partial charge < -0.3 is 19.9 Å². The maximum Gasteiger partial charge on any atom is 0.246 e. The summed E-state index contributed by atoms with van der Waals surface area (Å²) in [4.78, 5) is 6.62. The first-order valence-electron chi connectivity index (χ1n) is 11.8. The van der Waals surface area contributed by atoms with E-state index in [9.17, 15) is 8.78 Å². The normalized spacial score (nSPS) is 21.8. The van der Waals surface area contributed by atoms with E-state index in [0.717, 1.165) is 18.2 Å². The van der Waals surface area contributed by atoms with Gasteiger partial charge in [-0.3, -0.25) is 0 Å². The number of hydrogen-bond acceptors (Lipinski definition) is 6. The lowest BCUT2D eigenvalue weighted by Crippen LogP contribution is -2.94. The molecule has 2 saturated heterocycles. The van der Waals surface area contributed by atoms with Crippen LogP contribution in [-0.2, 0) is 4.74 Å². The van der Waals surface area contributed by atoms with Crippen LogP contribution in [-0.4, -0.2) is 123 Å². The smallest absolute Gasteiger partial charge is 0.246 e. The Morgan fingerprint density at radius 3 is 1.95 bits per heavy atom. The van der Waals surface area contributed by atoms with E-state index in [1.165, 1.54) is 20.8 Å². The van der Waals surface area contributed by atoms with Gasteiger partial charge in [-0.25, -0.2) is 13.5 Å². The van der Waals surface area contributed by atoms with Gasteiger partial charge in [-0.2, -0.15) is 4.98 Å². The number of piperazine rings is 1. The van der Waals surface area contributed by atoms with Crippen molar-refractivity contribution in [2.75, 3.05) is 23.4 Å². The first kappa shape index (κ1) is 28.0. The second kappa shape index (κ2) is 9.26. The van der Waals surface area contributed by atoms with Crippen molar-refractivity contribution in [1.82, 2.24) is 19.7 Å². The third kappa shape index (κ3) is 4.46. The van der Waals surface area contributed by atoms with E-state index in [2.05, 4.69) is 15.4 Å². The first-order valence-corrected chi connectivity index (χ1v) is 11.8. The van der Waals surface area contributed by atoms with E-state index in [0.29, 0.717) is 11.3 Å². The van der Waals surface area contributed by atoms with Crippen molar-refractivity contribution in [3.63, 3.8) is 0 Å². The van der Waals surface area contributed by atoms with Crippen molar-refractivity contribution in [3.05, 3.63) is 59.9 Å². The highest BCUT2D eigenvalue weighted by molar-refractivity contribution is 6.62. The molecule has 0 amide bonds.